The fraction of sp³-hybridized carbons (Fsp3) is 0.421. The standard InChI is InChI=1S/C19H23N5O/c1-11(2)10-16(18-20-14-7-3-4-8-15(14)21-18)22-19(25)17-12-6-5-9-13(12)23-24-17/h3-4,7-8,11,16H,5-6,9-10H2,1-2H3,(H,20,21)(H,22,25)(H,23,24)/t16-/m1/s1. The zero-order chi connectivity index (χ0) is 17.4. The van der Waals surface area contributed by atoms with Gasteiger partial charge in [0.25, 0.3) is 5.91 Å². The maximum atomic E-state index is 12.8. The summed E-state index contributed by atoms with van der Waals surface area (Å²) < 4.78 is 0. The van der Waals surface area contributed by atoms with E-state index in [2.05, 4.69) is 39.3 Å². The second kappa shape index (κ2) is 6.35. The van der Waals surface area contributed by atoms with Crippen LogP contribution >= 0.6 is 0 Å². The Hall–Kier alpha value is -2.63. The Balaban J connectivity index is 1.61. The van der Waals surface area contributed by atoms with Gasteiger partial charge in [-0.2, -0.15) is 5.10 Å². The predicted octanol–water partition coefficient (Wildman–Crippen LogP) is 3.29. The van der Waals surface area contributed by atoms with Gasteiger partial charge in [-0.25, -0.2) is 4.98 Å². The molecule has 1 amide bonds. The van der Waals surface area contributed by atoms with Crippen molar-refractivity contribution in [2.24, 2.45) is 5.92 Å². The van der Waals surface area contributed by atoms with Gasteiger partial charge in [0.1, 0.15) is 5.82 Å². The van der Waals surface area contributed by atoms with Crippen molar-refractivity contribution in [3.8, 4) is 0 Å². The Morgan fingerprint density at radius 1 is 1.28 bits per heavy atom. The Bertz CT molecular complexity index is 875. The molecular weight excluding hydrogens is 314 g/mol. The minimum Gasteiger partial charge on any atom is -0.341 e. The Labute approximate surface area is 146 Å². The smallest absolute Gasteiger partial charge is 0.272 e. The van der Waals surface area contributed by atoms with Crippen LogP contribution in [-0.4, -0.2) is 26.1 Å². The molecule has 6 heteroatoms. The summed E-state index contributed by atoms with van der Waals surface area (Å²) in [5.41, 5.74) is 4.62. The van der Waals surface area contributed by atoms with E-state index < -0.39 is 0 Å². The fourth-order valence-corrected chi connectivity index (χ4v) is 3.58. The molecule has 0 spiro atoms. The van der Waals surface area contributed by atoms with Gasteiger partial charge < -0.3 is 10.3 Å². The lowest BCUT2D eigenvalue weighted by atomic mass is 10.0. The average Bonchev–Trinajstić information content (AvgIpc) is 3.28. The number of benzene rings is 1. The average molecular weight is 337 g/mol. The number of aromatic nitrogens is 4. The van der Waals surface area contributed by atoms with Gasteiger partial charge in [-0.05, 0) is 43.7 Å². The van der Waals surface area contributed by atoms with Crippen molar-refractivity contribution in [1.29, 1.82) is 0 Å². The van der Waals surface area contributed by atoms with Crippen molar-refractivity contribution in [1.82, 2.24) is 25.5 Å². The van der Waals surface area contributed by atoms with E-state index in [1.165, 1.54) is 0 Å². The van der Waals surface area contributed by atoms with E-state index in [-0.39, 0.29) is 11.9 Å². The molecule has 130 valence electrons. The summed E-state index contributed by atoms with van der Waals surface area (Å²) >= 11 is 0. The lowest BCUT2D eigenvalue weighted by molar-refractivity contribution is 0.0924. The van der Waals surface area contributed by atoms with Crippen molar-refractivity contribution < 1.29 is 4.79 Å². The number of rotatable bonds is 5. The van der Waals surface area contributed by atoms with E-state index in [0.29, 0.717) is 11.6 Å². The Morgan fingerprint density at radius 2 is 2.12 bits per heavy atom. The summed E-state index contributed by atoms with van der Waals surface area (Å²) in [5, 5.41) is 10.4. The molecule has 0 saturated carbocycles. The van der Waals surface area contributed by atoms with E-state index in [9.17, 15) is 4.79 Å². The maximum Gasteiger partial charge on any atom is 0.272 e. The van der Waals surface area contributed by atoms with Gasteiger partial charge in [0, 0.05) is 11.3 Å². The number of hydrogen-bond acceptors (Lipinski definition) is 3. The van der Waals surface area contributed by atoms with Gasteiger partial charge in [-0.15, -0.1) is 0 Å². The highest BCUT2D eigenvalue weighted by atomic mass is 16.2. The molecule has 0 fully saturated rings. The number of hydrogen-bond donors (Lipinski definition) is 3. The lowest BCUT2D eigenvalue weighted by Gasteiger charge is -2.18. The Morgan fingerprint density at radius 3 is 2.92 bits per heavy atom. The van der Waals surface area contributed by atoms with Crippen LogP contribution in [0.3, 0.4) is 0 Å². The number of aromatic amines is 2. The normalized spacial score (nSPS) is 14.8. The molecule has 2 aromatic heterocycles. The second-order valence-electron chi connectivity index (χ2n) is 7.18. The zero-order valence-electron chi connectivity index (χ0n) is 14.6. The first-order chi connectivity index (χ1) is 12.1. The number of aryl methyl sites for hydroxylation is 1. The lowest BCUT2D eigenvalue weighted by Crippen LogP contribution is -2.31. The van der Waals surface area contributed by atoms with Crippen molar-refractivity contribution in [3.63, 3.8) is 0 Å². The van der Waals surface area contributed by atoms with Crippen molar-refractivity contribution in [3.05, 3.63) is 47.0 Å². The molecule has 4 rings (SSSR count). The highest BCUT2D eigenvalue weighted by molar-refractivity contribution is 5.94. The molecule has 3 N–H and O–H groups in total. The van der Waals surface area contributed by atoms with E-state index in [4.69, 9.17) is 0 Å². The summed E-state index contributed by atoms with van der Waals surface area (Å²) in [5.74, 6) is 1.12. The largest absolute Gasteiger partial charge is 0.341 e. The number of carbonyl (C=O) groups is 1. The Kier molecular flexibility index (Phi) is 4.03. The van der Waals surface area contributed by atoms with Gasteiger partial charge in [0.05, 0.1) is 17.1 Å². The molecule has 1 atom stereocenters. The van der Waals surface area contributed by atoms with Gasteiger partial charge >= 0.3 is 0 Å². The molecule has 2 heterocycles. The van der Waals surface area contributed by atoms with Crippen LogP contribution in [0.5, 0.6) is 0 Å². The van der Waals surface area contributed by atoms with Gasteiger partial charge in [-0.3, -0.25) is 9.89 Å². The van der Waals surface area contributed by atoms with Crippen LogP contribution in [0.4, 0.5) is 0 Å². The molecule has 1 aromatic carbocycles. The molecule has 25 heavy (non-hydrogen) atoms. The topological polar surface area (TPSA) is 86.5 Å². The van der Waals surface area contributed by atoms with Crippen LogP contribution in [0, 0.1) is 5.92 Å². The molecule has 6 nitrogen and oxygen atoms in total. The molecule has 1 aliphatic rings. The molecule has 0 bridgehead atoms. The van der Waals surface area contributed by atoms with Crippen molar-refractivity contribution >= 4 is 16.9 Å². The summed E-state index contributed by atoms with van der Waals surface area (Å²) in [6, 6.07) is 7.77. The SMILES string of the molecule is CC(C)C[C@@H](NC(=O)c1n[nH]c2c1CCC2)c1nc2ccccc2[nH]1. The third-order valence-corrected chi connectivity index (χ3v) is 4.77. The molecule has 1 aliphatic carbocycles. The van der Waals surface area contributed by atoms with Crippen LogP contribution in [0.25, 0.3) is 11.0 Å². The van der Waals surface area contributed by atoms with Crippen molar-refractivity contribution in [2.75, 3.05) is 0 Å². The molecule has 0 aliphatic heterocycles. The van der Waals surface area contributed by atoms with Crippen LogP contribution in [-0.2, 0) is 12.8 Å². The first kappa shape index (κ1) is 15.9. The first-order valence-electron chi connectivity index (χ1n) is 8.93. The van der Waals surface area contributed by atoms with Crippen LogP contribution in [0.1, 0.15) is 60.3 Å². The van der Waals surface area contributed by atoms with E-state index in [0.717, 1.165) is 53.8 Å². The second-order valence-corrected chi connectivity index (χ2v) is 7.18. The quantitative estimate of drug-likeness (QED) is 0.668. The maximum absolute atomic E-state index is 12.8. The summed E-state index contributed by atoms with van der Waals surface area (Å²) in [7, 11) is 0. The number of nitrogens with one attached hydrogen (secondary N) is 3. The highest BCUT2D eigenvalue weighted by Crippen LogP contribution is 2.25. The number of H-pyrrole nitrogens is 2. The van der Waals surface area contributed by atoms with E-state index in [1.54, 1.807) is 0 Å². The number of para-hydroxylation sites is 2. The van der Waals surface area contributed by atoms with Crippen LogP contribution in [0.2, 0.25) is 0 Å². The zero-order valence-corrected chi connectivity index (χ0v) is 14.6. The number of imidazole rings is 1. The van der Waals surface area contributed by atoms with Crippen LogP contribution < -0.4 is 5.32 Å². The van der Waals surface area contributed by atoms with Crippen LogP contribution in [0.15, 0.2) is 24.3 Å². The van der Waals surface area contributed by atoms with E-state index >= 15 is 0 Å². The summed E-state index contributed by atoms with van der Waals surface area (Å²) in [4.78, 5) is 20.8. The molecule has 0 unspecified atom stereocenters. The van der Waals surface area contributed by atoms with Gasteiger partial charge in [-0.1, -0.05) is 26.0 Å². The third kappa shape index (κ3) is 3.04. The monoisotopic (exact) mass is 337 g/mol. The first-order valence-corrected chi connectivity index (χ1v) is 8.93. The van der Waals surface area contributed by atoms with Crippen molar-refractivity contribution in [2.45, 2.75) is 45.6 Å². The molecule has 3 aromatic rings. The number of carbonyl (C=O) groups excluding carboxylic acids is 1. The molecule has 0 saturated heterocycles. The number of fused-ring (bicyclic) bond motifs is 2. The highest BCUT2D eigenvalue weighted by Gasteiger charge is 2.26. The third-order valence-electron chi connectivity index (χ3n) is 4.77. The van der Waals surface area contributed by atoms with Gasteiger partial charge in [0.2, 0.25) is 0 Å². The minimum atomic E-state index is -0.159. The van der Waals surface area contributed by atoms with E-state index in [1.807, 2.05) is 24.3 Å². The number of nitrogens with zero attached hydrogens (tertiary/aromatic N) is 2. The minimum absolute atomic E-state index is 0.120. The molecule has 0 radical (unpaired) electrons. The summed E-state index contributed by atoms with van der Waals surface area (Å²) in [6.45, 7) is 4.29. The summed E-state index contributed by atoms with van der Waals surface area (Å²) in [6.07, 6.45) is 3.81. The molecular formula is C19H23N5O. The predicted molar refractivity (Wildman–Crippen MR) is 96.4 cm³/mol. The fourth-order valence-electron chi connectivity index (χ4n) is 3.58. The number of amides is 1. The van der Waals surface area contributed by atoms with Gasteiger partial charge in [0.15, 0.2) is 5.69 Å².